The smallest absolute Gasteiger partial charge is 0.0637 e. The second-order valence-electron chi connectivity index (χ2n) is 4.33. The van der Waals surface area contributed by atoms with E-state index >= 15 is 0 Å². The maximum Gasteiger partial charge on any atom is 0.0637 e. The molecule has 0 bridgehead atoms. The van der Waals surface area contributed by atoms with Crippen molar-refractivity contribution in [3.8, 4) is 0 Å². The molecule has 1 aliphatic carbocycles. The first kappa shape index (κ1) is 13.0. The zero-order valence-corrected chi connectivity index (χ0v) is 11.5. The van der Waals surface area contributed by atoms with Gasteiger partial charge in [-0.15, -0.1) is 11.6 Å². The van der Waals surface area contributed by atoms with Gasteiger partial charge in [-0.3, -0.25) is 0 Å². The van der Waals surface area contributed by atoms with Crippen LogP contribution in [0.2, 0.25) is 5.02 Å². The van der Waals surface area contributed by atoms with Crippen LogP contribution in [0, 0.1) is 0 Å². The molecular weight excluding hydrogens is 257 g/mol. The van der Waals surface area contributed by atoms with Crippen molar-refractivity contribution in [1.82, 2.24) is 0 Å². The van der Waals surface area contributed by atoms with Gasteiger partial charge in [-0.1, -0.05) is 17.7 Å². The average Bonchev–Trinajstić information content (AvgIpc) is 3.14. The molecule has 1 saturated carbocycles. The second-order valence-corrected chi connectivity index (χ2v) is 5.00. The fourth-order valence-corrected chi connectivity index (χ4v) is 2.46. The van der Waals surface area contributed by atoms with Gasteiger partial charge in [0.05, 0.1) is 6.61 Å². The lowest BCUT2D eigenvalue weighted by Crippen LogP contribution is -2.29. The Hall–Kier alpha value is -0.440. The summed E-state index contributed by atoms with van der Waals surface area (Å²) in [6, 6.07) is 6.76. The molecule has 2 nitrogen and oxygen atoms in total. The number of ether oxygens (including phenoxy) is 1. The lowest BCUT2D eigenvalue weighted by atomic mass is 10.2. The average molecular weight is 274 g/mol. The Morgan fingerprint density at radius 3 is 2.71 bits per heavy atom. The van der Waals surface area contributed by atoms with Crippen molar-refractivity contribution in [2.75, 3.05) is 25.2 Å². The molecule has 0 heterocycles. The third kappa shape index (κ3) is 3.27. The first-order valence-corrected chi connectivity index (χ1v) is 6.77. The summed E-state index contributed by atoms with van der Waals surface area (Å²) >= 11 is 12.0. The molecule has 0 spiro atoms. The van der Waals surface area contributed by atoms with Crippen molar-refractivity contribution in [3.63, 3.8) is 0 Å². The van der Waals surface area contributed by atoms with Crippen molar-refractivity contribution in [1.29, 1.82) is 0 Å². The number of rotatable bonds is 6. The Labute approximate surface area is 112 Å². The van der Waals surface area contributed by atoms with Crippen LogP contribution in [-0.2, 0) is 10.6 Å². The minimum Gasteiger partial charge on any atom is -0.383 e. The molecule has 2 rings (SSSR count). The minimum atomic E-state index is 0.459. The third-order valence-corrected chi connectivity index (χ3v) is 3.68. The summed E-state index contributed by atoms with van der Waals surface area (Å²) < 4.78 is 5.15. The molecule has 0 aliphatic heterocycles. The fraction of sp³-hybridized carbons (Fsp3) is 0.538. The highest BCUT2D eigenvalue weighted by molar-refractivity contribution is 6.32. The van der Waals surface area contributed by atoms with E-state index in [0.29, 0.717) is 11.9 Å². The van der Waals surface area contributed by atoms with Gasteiger partial charge in [-0.2, -0.15) is 0 Å². The van der Waals surface area contributed by atoms with Crippen LogP contribution >= 0.6 is 23.2 Å². The van der Waals surface area contributed by atoms with E-state index in [1.807, 2.05) is 12.1 Å². The van der Waals surface area contributed by atoms with E-state index in [4.69, 9.17) is 27.9 Å². The molecule has 0 aromatic heterocycles. The topological polar surface area (TPSA) is 12.5 Å². The Morgan fingerprint density at radius 1 is 1.41 bits per heavy atom. The summed E-state index contributed by atoms with van der Waals surface area (Å²) in [5.74, 6) is 0.459. The summed E-state index contributed by atoms with van der Waals surface area (Å²) in [6.45, 7) is 1.66. The standard InChI is InChI=1S/C13H17Cl2NO/c1-17-7-6-16(11-4-5-11)12-3-2-10(9-14)13(15)8-12/h2-3,8,11H,4-7,9H2,1H3. The number of hydrogen-bond acceptors (Lipinski definition) is 2. The van der Waals surface area contributed by atoms with E-state index in [9.17, 15) is 0 Å². The normalized spacial score (nSPS) is 15.0. The Kier molecular flexibility index (Phi) is 4.55. The van der Waals surface area contributed by atoms with E-state index in [2.05, 4.69) is 11.0 Å². The van der Waals surface area contributed by atoms with E-state index in [0.717, 1.165) is 23.7 Å². The van der Waals surface area contributed by atoms with Crippen molar-refractivity contribution in [2.45, 2.75) is 24.8 Å². The van der Waals surface area contributed by atoms with Crippen LogP contribution in [0.3, 0.4) is 0 Å². The molecular formula is C13H17Cl2NO. The molecule has 1 aromatic carbocycles. The zero-order valence-electron chi connectivity index (χ0n) is 9.96. The van der Waals surface area contributed by atoms with Crippen LogP contribution < -0.4 is 4.90 Å². The lowest BCUT2D eigenvalue weighted by Gasteiger charge is -2.24. The summed E-state index contributed by atoms with van der Waals surface area (Å²) in [6.07, 6.45) is 2.52. The monoisotopic (exact) mass is 273 g/mol. The molecule has 0 N–H and O–H groups in total. The second kappa shape index (κ2) is 5.94. The fourth-order valence-electron chi connectivity index (χ4n) is 1.92. The van der Waals surface area contributed by atoms with Crippen molar-refractivity contribution < 1.29 is 4.74 Å². The van der Waals surface area contributed by atoms with E-state index in [1.165, 1.54) is 18.5 Å². The van der Waals surface area contributed by atoms with Crippen LogP contribution in [-0.4, -0.2) is 26.3 Å². The first-order valence-electron chi connectivity index (χ1n) is 5.86. The van der Waals surface area contributed by atoms with Crippen molar-refractivity contribution in [2.24, 2.45) is 0 Å². The number of halogens is 2. The SMILES string of the molecule is COCCN(c1ccc(CCl)c(Cl)c1)C1CC1. The molecule has 4 heteroatoms. The van der Waals surface area contributed by atoms with E-state index in [-0.39, 0.29) is 0 Å². The Balaban J connectivity index is 2.14. The number of nitrogens with zero attached hydrogens (tertiary/aromatic N) is 1. The molecule has 0 amide bonds. The van der Waals surface area contributed by atoms with Crippen LogP contribution in [0.4, 0.5) is 5.69 Å². The van der Waals surface area contributed by atoms with Gasteiger partial charge in [0.15, 0.2) is 0 Å². The summed E-state index contributed by atoms with van der Waals surface area (Å²) in [5.41, 5.74) is 2.16. The molecule has 0 radical (unpaired) electrons. The van der Waals surface area contributed by atoms with Gasteiger partial charge < -0.3 is 9.64 Å². The number of benzene rings is 1. The summed E-state index contributed by atoms with van der Waals surface area (Å²) in [5, 5.41) is 0.751. The molecule has 0 saturated heterocycles. The zero-order chi connectivity index (χ0) is 12.3. The lowest BCUT2D eigenvalue weighted by molar-refractivity contribution is 0.205. The molecule has 94 valence electrons. The number of alkyl halides is 1. The van der Waals surface area contributed by atoms with Gasteiger partial charge in [0.1, 0.15) is 0 Å². The predicted octanol–water partition coefficient (Wildman–Crippen LogP) is 3.69. The highest BCUT2D eigenvalue weighted by Gasteiger charge is 2.29. The number of anilines is 1. The predicted molar refractivity (Wildman–Crippen MR) is 73.3 cm³/mol. The van der Waals surface area contributed by atoms with Crippen LogP contribution in [0.1, 0.15) is 18.4 Å². The van der Waals surface area contributed by atoms with Crippen LogP contribution in [0.15, 0.2) is 18.2 Å². The first-order chi connectivity index (χ1) is 8.26. The highest BCUT2D eigenvalue weighted by Crippen LogP contribution is 2.33. The van der Waals surface area contributed by atoms with Crippen LogP contribution in [0.5, 0.6) is 0 Å². The number of hydrogen-bond donors (Lipinski definition) is 0. The minimum absolute atomic E-state index is 0.459. The van der Waals surface area contributed by atoms with E-state index < -0.39 is 0 Å². The highest BCUT2D eigenvalue weighted by atomic mass is 35.5. The van der Waals surface area contributed by atoms with Crippen molar-refractivity contribution in [3.05, 3.63) is 28.8 Å². The van der Waals surface area contributed by atoms with Gasteiger partial charge in [0, 0.05) is 36.3 Å². The maximum atomic E-state index is 6.19. The van der Waals surface area contributed by atoms with Gasteiger partial charge in [0.25, 0.3) is 0 Å². The summed E-state index contributed by atoms with van der Waals surface area (Å²) in [7, 11) is 1.73. The molecule has 1 aromatic rings. The molecule has 0 atom stereocenters. The van der Waals surface area contributed by atoms with Gasteiger partial charge in [-0.05, 0) is 30.5 Å². The molecule has 0 unspecified atom stereocenters. The van der Waals surface area contributed by atoms with Gasteiger partial charge in [-0.25, -0.2) is 0 Å². The quantitative estimate of drug-likeness (QED) is 0.733. The Bertz CT molecular complexity index is 380. The van der Waals surface area contributed by atoms with E-state index in [1.54, 1.807) is 7.11 Å². The molecule has 1 fully saturated rings. The van der Waals surface area contributed by atoms with Gasteiger partial charge in [0.2, 0.25) is 0 Å². The maximum absolute atomic E-state index is 6.19. The largest absolute Gasteiger partial charge is 0.383 e. The molecule has 17 heavy (non-hydrogen) atoms. The van der Waals surface area contributed by atoms with Crippen molar-refractivity contribution >= 4 is 28.9 Å². The third-order valence-electron chi connectivity index (χ3n) is 3.04. The molecule has 1 aliphatic rings. The Morgan fingerprint density at radius 2 is 2.18 bits per heavy atom. The van der Waals surface area contributed by atoms with Crippen LogP contribution in [0.25, 0.3) is 0 Å². The van der Waals surface area contributed by atoms with Gasteiger partial charge >= 0.3 is 0 Å². The summed E-state index contributed by atoms with van der Waals surface area (Å²) in [4.78, 5) is 2.37. The number of methoxy groups -OCH3 is 1.